The van der Waals surface area contributed by atoms with Gasteiger partial charge in [-0.3, -0.25) is 0 Å². The van der Waals surface area contributed by atoms with E-state index >= 15 is 0 Å². The van der Waals surface area contributed by atoms with Crippen molar-refractivity contribution in [2.75, 3.05) is 6.61 Å². The molecule has 25 heavy (non-hydrogen) atoms. The van der Waals surface area contributed by atoms with Crippen LogP contribution in [0.25, 0.3) is 0 Å². The fraction of sp³-hybridized carbons (Fsp3) is 0.217. The van der Waals surface area contributed by atoms with E-state index < -0.39 is 5.60 Å². The van der Waals surface area contributed by atoms with E-state index in [1.807, 2.05) is 0 Å². The molecule has 0 radical (unpaired) electrons. The van der Waals surface area contributed by atoms with Gasteiger partial charge in [-0.15, -0.1) is 0 Å². The van der Waals surface area contributed by atoms with E-state index in [0.717, 1.165) is 13.0 Å². The van der Waals surface area contributed by atoms with Crippen molar-refractivity contribution in [3.05, 3.63) is 108 Å². The average Bonchev–Trinajstić information content (AvgIpc) is 2.70. The molecule has 0 aliphatic carbocycles. The Morgan fingerprint density at radius 3 is 1.36 bits per heavy atom. The molecule has 3 aromatic rings. The third kappa shape index (κ3) is 4.07. The molecule has 122 valence electrons. The van der Waals surface area contributed by atoms with Crippen LogP contribution < -0.4 is 0 Å². The van der Waals surface area contributed by atoms with E-state index in [9.17, 15) is 0 Å². The zero-order chi connectivity index (χ0) is 17.4. The van der Waals surface area contributed by atoms with Gasteiger partial charge in [-0.05, 0) is 0 Å². The molecule has 0 saturated heterocycles. The summed E-state index contributed by atoms with van der Waals surface area (Å²) in [6.45, 7) is 0.743. The zero-order valence-corrected chi connectivity index (χ0v) is 14.9. The molecular formula is C23H23LiO. The second-order valence-corrected chi connectivity index (χ2v) is 6.33. The van der Waals surface area contributed by atoms with E-state index in [2.05, 4.69) is 109 Å². The molecule has 0 heterocycles. The van der Waals surface area contributed by atoms with Gasteiger partial charge in [0, 0.05) is 0 Å². The predicted octanol–water partition coefficient (Wildman–Crippen LogP) is 5.36. The number of rotatable bonds is 8. The van der Waals surface area contributed by atoms with Crippen molar-refractivity contribution in [1.29, 1.82) is 0 Å². The van der Waals surface area contributed by atoms with Crippen LogP contribution in [-0.4, -0.2) is 24.3 Å². The van der Waals surface area contributed by atoms with Gasteiger partial charge in [0.15, 0.2) is 0 Å². The van der Waals surface area contributed by atoms with Gasteiger partial charge in [0.2, 0.25) is 0 Å². The first-order valence-electron chi connectivity index (χ1n) is 9.18. The summed E-state index contributed by atoms with van der Waals surface area (Å²) in [5.41, 5.74) is 2.94. The van der Waals surface area contributed by atoms with Crippen LogP contribution in [0.3, 0.4) is 0 Å². The molecule has 3 rings (SSSR count). The normalized spacial score (nSPS) is 11.4. The number of ether oxygens (including phenoxy) is 1. The van der Waals surface area contributed by atoms with E-state index in [-0.39, 0.29) is 0 Å². The Kier molecular flexibility index (Phi) is 6.53. The van der Waals surface area contributed by atoms with Gasteiger partial charge in [-0.2, -0.15) is 0 Å². The summed E-state index contributed by atoms with van der Waals surface area (Å²) < 4.78 is 6.69. The van der Waals surface area contributed by atoms with Crippen LogP contribution in [0.5, 0.6) is 0 Å². The maximum atomic E-state index is 6.69. The van der Waals surface area contributed by atoms with Gasteiger partial charge >= 0.3 is 160 Å². The third-order valence-electron chi connectivity index (χ3n) is 4.61. The van der Waals surface area contributed by atoms with E-state index in [0.29, 0.717) is 0 Å². The monoisotopic (exact) mass is 322 g/mol. The zero-order valence-electron chi connectivity index (χ0n) is 14.9. The van der Waals surface area contributed by atoms with Crippen LogP contribution in [0, 0.1) is 0 Å². The first-order chi connectivity index (χ1) is 12.4. The summed E-state index contributed by atoms with van der Waals surface area (Å²) >= 11 is 2.22. The van der Waals surface area contributed by atoms with Crippen LogP contribution >= 0.6 is 0 Å². The fourth-order valence-electron chi connectivity index (χ4n) is 3.35. The van der Waals surface area contributed by atoms with Gasteiger partial charge in [-0.25, -0.2) is 0 Å². The van der Waals surface area contributed by atoms with E-state index in [1.165, 1.54) is 28.2 Å². The average molecular weight is 322 g/mol. The minimum absolute atomic E-state index is 0.572. The Morgan fingerprint density at radius 2 is 1.00 bits per heavy atom. The van der Waals surface area contributed by atoms with Crippen molar-refractivity contribution in [2.45, 2.75) is 23.5 Å². The standard InChI is InChI=1S/C23H23O.Li/c1-2-3-19-24-23(20-13-7-4-8-14-20,21-15-9-5-10-16-21)22-17-11-6-12-18-22;/h4-18H,1-3,19H2;. The molecule has 0 aliphatic heterocycles. The number of hydrogen-bond acceptors (Lipinski definition) is 1. The number of unbranched alkanes of at least 4 members (excludes halogenated alkanes) is 1. The number of hydrogen-bond donors (Lipinski definition) is 0. The Hall–Kier alpha value is -1.78. The van der Waals surface area contributed by atoms with Crippen molar-refractivity contribution in [3.8, 4) is 0 Å². The van der Waals surface area contributed by atoms with Crippen molar-refractivity contribution in [2.24, 2.45) is 0 Å². The quantitative estimate of drug-likeness (QED) is 0.308. The molecule has 0 N–H and O–H groups in total. The molecule has 0 saturated carbocycles. The molecule has 0 bridgehead atoms. The molecule has 0 atom stereocenters. The van der Waals surface area contributed by atoms with Crippen molar-refractivity contribution < 1.29 is 4.74 Å². The van der Waals surface area contributed by atoms with Gasteiger partial charge in [0.1, 0.15) is 0 Å². The van der Waals surface area contributed by atoms with Crippen LogP contribution in [0.15, 0.2) is 91.0 Å². The minimum atomic E-state index is -0.572. The van der Waals surface area contributed by atoms with Gasteiger partial charge in [0.05, 0.1) is 0 Å². The Balaban J connectivity index is 2.13. The molecular weight excluding hydrogens is 299 g/mol. The Bertz CT molecular complexity index is 644. The Morgan fingerprint density at radius 1 is 0.600 bits per heavy atom. The van der Waals surface area contributed by atoms with E-state index in [1.54, 1.807) is 0 Å². The Labute approximate surface area is 160 Å². The first kappa shape index (κ1) is 18.0. The SMILES string of the molecule is [Li][CH2]CCCOC(c1ccccc1)(c1ccccc1)c1ccccc1. The summed E-state index contributed by atoms with van der Waals surface area (Å²) in [5, 5.41) is 1.19. The summed E-state index contributed by atoms with van der Waals surface area (Å²) in [6, 6.07) is 31.7. The predicted molar refractivity (Wildman–Crippen MR) is 105 cm³/mol. The first-order valence-corrected chi connectivity index (χ1v) is 9.18. The van der Waals surface area contributed by atoms with Crippen LogP contribution in [0.2, 0.25) is 5.09 Å². The molecule has 0 aliphatic rings. The topological polar surface area (TPSA) is 9.23 Å². The number of benzene rings is 3. The van der Waals surface area contributed by atoms with E-state index in [4.69, 9.17) is 4.74 Å². The molecule has 2 heteroatoms. The van der Waals surface area contributed by atoms with Crippen molar-refractivity contribution in [3.63, 3.8) is 0 Å². The summed E-state index contributed by atoms with van der Waals surface area (Å²) in [7, 11) is 0. The fourth-order valence-corrected chi connectivity index (χ4v) is 3.35. The molecule has 0 amide bonds. The third-order valence-corrected chi connectivity index (χ3v) is 4.61. The van der Waals surface area contributed by atoms with Gasteiger partial charge in [0.25, 0.3) is 0 Å². The molecule has 0 fully saturated rings. The van der Waals surface area contributed by atoms with Crippen LogP contribution in [0.1, 0.15) is 29.5 Å². The summed E-state index contributed by atoms with van der Waals surface area (Å²) in [5.74, 6) is 0. The molecule has 0 spiro atoms. The molecule has 0 aromatic heterocycles. The second kappa shape index (κ2) is 9.06. The van der Waals surface area contributed by atoms with Crippen molar-refractivity contribution >= 4 is 17.7 Å². The molecule has 0 unspecified atom stereocenters. The summed E-state index contributed by atoms with van der Waals surface area (Å²) in [6.07, 6.45) is 2.26. The van der Waals surface area contributed by atoms with Crippen LogP contribution in [0.4, 0.5) is 0 Å². The summed E-state index contributed by atoms with van der Waals surface area (Å²) in [4.78, 5) is 0. The molecule has 3 aromatic carbocycles. The molecule has 1 nitrogen and oxygen atoms in total. The van der Waals surface area contributed by atoms with Gasteiger partial charge in [-0.1, -0.05) is 0 Å². The van der Waals surface area contributed by atoms with Crippen molar-refractivity contribution in [1.82, 2.24) is 0 Å². The second-order valence-electron chi connectivity index (χ2n) is 6.33. The van der Waals surface area contributed by atoms with Crippen LogP contribution in [-0.2, 0) is 10.3 Å². The van der Waals surface area contributed by atoms with Gasteiger partial charge < -0.3 is 0 Å². The maximum absolute atomic E-state index is 6.69.